The first-order valence-corrected chi connectivity index (χ1v) is 11.8. The Morgan fingerprint density at radius 1 is 1.06 bits per heavy atom. The minimum atomic E-state index is -0.436. The van der Waals surface area contributed by atoms with E-state index in [2.05, 4.69) is 5.32 Å². The van der Waals surface area contributed by atoms with Crippen molar-refractivity contribution < 1.29 is 23.8 Å². The predicted molar refractivity (Wildman–Crippen MR) is 136 cm³/mol. The topological polar surface area (TPSA) is 73.9 Å². The van der Waals surface area contributed by atoms with Gasteiger partial charge in [0, 0.05) is 11.0 Å². The molecular formula is C27H29NO5S. The third-order valence-electron chi connectivity index (χ3n) is 5.36. The van der Waals surface area contributed by atoms with Crippen LogP contribution in [-0.2, 0) is 16.1 Å². The van der Waals surface area contributed by atoms with Crippen LogP contribution < -0.4 is 14.8 Å². The summed E-state index contributed by atoms with van der Waals surface area (Å²) >= 11 is 1.35. The van der Waals surface area contributed by atoms with E-state index in [9.17, 15) is 9.59 Å². The molecule has 0 spiro atoms. The first-order chi connectivity index (χ1) is 16.3. The van der Waals surface area contributed by atoms with Crippen molar-refractivity contribution >= 4 is 34.3 Å². The minimum absolute atomic E-state index is 0.271. The van der Waals surface area contributed by atoms with Crippen LogP contribution >= 0.6 is 11.3 Å². The lowest BCUT2D eigenvalue weighted by molar-refractivity contribution is -0.111. The van der Waals surface area contributed by atoms with Crippen LogP contribution in [0.2, 0.25) is 0 Å². The summed E-state index contributed by atoms with van der Waals surface area (Å²) in [6.07, 6.45) is 3.10. The summed E-state index contributed by atoms with van der Waals surface area (Å²) in [5, 5.41) is 3.29. The molecule has 0 saturated carbocycles. The van der Waals surface area contributed by atoms with Gasteiger partial charge in [0.05, 0.1) is 19.3 Å². The van der Waals surface area contributed by atoms with Gasteiger partial charge in [-0.2, -0.15) is 0 Å². The first-order valence-electron chi connectivity index (χ1n) is 11.0. The third-order valence-corrected chi connectivity index (χ3v) is 6.48. The summed E-state index contributed by atoms with van der Waals surface area (Å²) in [7, 11) is 1.58. The van der Waals surface area contributed by atoms with Gasteiger partial charge in [-0.1, -0.05) is 30.3 Å². The fraction of sp³-hybridized carbons (Fsp3) is 0.259. The van der Waals surface area contributed by atoms with E-state index >= 15 is 0 Å². The molecule has 1 aromatic heterocycles. The standard InChI is InChI=1S/C27H29NO5S/c1-6-32-27(30)25-18(3)19(4)34-26(25)28-24(29)14-12-20-11-13-22(23(15-20)31-5)33-16-21-10-8-7-9-17(21)2/h7-15H,6,16H2,1-5H3,(H,28,29). The van der Waals surface area contributed by atoms with Gasteiger partial charge in [-0.25, -0.2) is 4.79 Å². The molecule has 0 radical (unpaired) electrons. The molecule has 0 aliphatic heterocycles. The maximum absolute atomic E-state index is 12.6. The lowest BCUT2D eigenvalue weighted by Crippen LogP contribution is -2.12. The largest absolute Gasteiger partial charge is 0.493 e. The Labute approximate surface area is 204 Å². The van der Waals surface area contributed by atoms with Gasteiger partial charge in [-0.3, -0.25) is 4.79 Å². The number of ether oxygens (including phenoxy) is 3. The summed E-state index contributed by atoms with van der Waals surface area (Å²) in [5.41, 5.74) is 4.26. The normalized spacial score (nSPS) is 10.9. The zero-order chi connectivity index (χ0) is 24.7. The van der Waals surface area contributed by atoms with Crippen molar-refractivity contribution in [3.8, 4) is 11.5 Å². The molecule has 3 rings (SSSR count). The molecule has 0 bridgehead atoms. The number of hydrogen-bond acceptors (Lipinski definition) is 6. The molecule has 2 aromatic carbocycles. The number of aryl methyl sites for hydroxylation is 2. The number of methoxy groups -OCH3 is 1. The molecule has 1 heterocycles. The number of esters is 1. The smallest absolute Gasteiger partial charge is 0.341 e. The second-order valence-electron chi connectivity index (χ2n) is 7.66. The van der Waals surface area contributed by atoms with Crippen LogP contribution in [0.3, 0.4) is 0 Å². The predicted octanol–water partition coefficient (Wildman–Crippen LogP) is 6.09. The molecule has 178 valence electrons. The van der Waals surface area contributed by atoms with Crippen LogP contribution in [0.5, 0.6) is 11.5 Å². The number of rotatable bonds is 9. The van der Waals surface area contributed by atoms with Crippen LogP contribution in [0, 0.1) is 20.8 Å². The van der Waals surface area contributed by atoms with Gasteiger partial charge >= 0.3 is 5.97 Å². The second-order valence-corrected chi connectivity index (χ2v) is 8.88. The Morgan fingerprint density at radius 2 is 1.82 bits per heavy atom. The lowest BCUT2D eigenvalue weighted by Gasteiger charge is -2.12. The Kier molecular flexibility index (Phi) is 8.49. The van der Waals surface area contributed by atoms with Crippen LogP contribution in [0.4, 0.5) is 5.00 Å². The van der Waals surface area contributed by atoms with Crippen LogP contribution in [0.15, 0.2) is 48.5 Å². The molecule has 1 N–H and O–H groups in total. The van der Waals surface area contributed by atoms with Gasteiger partial charge in [-0.15, -0.1) is 11.3 Å². The highest BCUT2D eigenvalue weighted by Crippen LogP contribution is 2.33. The van der Waals surface area contributed by atoms with Crippen molar-refractivity contribution in [3.05, 3.63) is 81.2 Å². The first kappa shape index (κ1) is 25.1. The molecule has 1 amide bonds. The summed E-state index contributed by atoms with van der Waals surface area (Å²) in [6, 6.07) is 13.5. The number of carbonyl (C=O) groups is 2. The van der Waals surface area contributed by atoms with E-state index in [1.54, 1.807) is 26.2 Å². The fourth-order valence-electron chi connectivity index (χ4n) is 3.32. The fourth-order valence-corrected chi connectivity index (χ4v) is 4.38. The van der Waals surface area contributed by atoms with Crippen molar-refractivity contribution in [2.45, 2.75) is 34.3 Å². The quantitative estimate of drug-likeness (QED) is 0.297. The lowest BCUT2D eigenvalue weighted by atomic mass is 10.1. The molecule has 7 heteroatoms. The number of carbonyl (C=O) groups excluding carboxylic acids is 2. The monoisotopic (exact) mass is 479 g/mol. The van der Waals surface area contributed by atoms with Gasteiger partial charge in [0.1, 0.15) is 11.6 Å². The van der Waals surface area contributed by atoms with E-state index < -0.39 is 5.97 Å². The van der Waals surface area contributed by atoms with Gasteiger partial charge in [0.25, 0.3) is 0 Å². The molecular weight excluding hydrogens is 450 g/mol. The maximum Gasteiger partial charge on any atom is 0.341 e. The highest BCUT2D eigenvalue weighted by molar-refractivity contribution is 7.16. The molecule has 0 fully saturated rings. The second kappa shape index (κ2) is 11.5. The molecule has 3 aromatic rings. The van der Waals surface area contributed by atoms with Crippen molar-refractivity contribution in [2.24, 2.45) is 0 Å². The Hall–Kier alpha value is -3.58. The van der Waals surface area contributed by atoms with Crippen LogP contribution in [0.1, 0.15) is 44.4 Å². The van der Waals surface area contributed by atoms with E-state index in [1.165, 1.54) is 17.4 Å². The van der Waals surface area contributed by atoms with Crippen molar-refractivity contribution in [3.63, 3.8) is 0 Å². The maximum atomic E-state index is 12.6. The Bertz CT molecular complexity index is 1210. The van der Waals surface area contributed by atoms with Crippen molar-refractivity contribution in [1.82, 2.24) is 0 Å². The Balaban J connectivity index is 1.70. The minimum Gasteiger partial charge on any atom is -0.493 e. The van der Waals surface area contributed by atoms with Crippen LogP contribution in [-0.4, -0.2) is 25.6 Å². The van der Waals surface area contributed by atoms with E-state index in [4.69, 9.17) is 14.2 Å². The van der Waals surface area contributed by atoms with E-state index in [1.807, 2.05) is 57.2 Å². The number of thiophene rings is 1. The number of hydrogen-bond donors (Lipinski definition) is 1. The van der Waals surface area contributed by atoms with Crippen LogP contribution in [0.25, 0.3) is 6.08 Å². The molecule has 0 unspecified atom stereocenters. The average molecular weight is 480 g/mol. The summed E-state index contributed by atoms with van der Waals surface area (Å²) in [5.74, 6) is 0.418. The SMILES string of the molecule is CCOC(=O)c1c(NC(=O)C=Cc2ccc(OCc3ccccc3C)c(OC)c2)sc(C)c1C. The molecule has 0 aliphatic rings. The van der Waals surface area contributed by atoms with Gasteiger partial charge < -0.3 is 19.5 Å². The highest BCUT2D eigenvalue weighted by atomic mass is 32.1. The zero-order valence-corrected chi connectivity index (χ0v) is 20.9. The van der Waals surface area contributed by atoms with E-state index in [0.29, 0.717) is 28.7 Å². The summed E-state index contributed by atoms with van der Waals surface area (Å²) < 4.78 is 16.6. The molecule has 0 atom stereocenters. The number of anilines is 1. The molecule has 6 nitrogen and oxygen atoms in total. The number of benzene rings is 2. The van der Waals surface area contributed by atoms with E-state index in [0.717, 1.165) is 27.1 Å². The number of nitrogens with one attached hydrogen (secondary N) is 1. The summed E-state index contributed by atoms with van der Waals surface area (Å²) in [6.45, 7) is 8.25. The highest BCUT2D eigenvalue weighted by Gasteiger charge is 2.21. The van der Waals surface area contributed by atoms with Gasteiger partial charge in [-0.05, 0) is 68.2 Å². The summed E-state index contributed by atoms with van der Waals surface area (Å²) in [4.78, 5) is 25.8. The van der Waals surface area contributed by atoms with Gasteiger partial charge in [0.15, 0.2) is 11.5 Å². The van der Waals surface area contributed by atoms with Gasteiger partial charge in [0.2, 0.25) is 5.91 Å². The van der Waals surface area contributed by atoms with Crippen molar-refractivity contribution in [2.75, 3.05) is 19.0 Å². The molecule has 0 aliphatic carbocycles. The number of amides is 1. The third kappa shape index (κ3) is 6.05. The Morgan fingerprint density at radius 3 is 2.53 bits per heavy atom. The molecule has 0 saturated heterocycles. The zero-order valence-electron chi connectivity index (χ0n) is 20.1. The average Bonchev–Trinajstić information content (AvgIpc) is 3.10. The molecule has 34 heavy (non-hydrogen) atoms. The van der Waals surface area contributed by atoms with Crippen molar-refractivity contribution in [1.29, 1.82) is 0 Å². The van der Waals surface area contributed by atoms with E-state index in [-0.39, 0.29) is 12.5 Å².